The molecule has 3 aromatic rings. The van der Waals surface area contributed by atoms with E-state index in [-0.39, 0.29) is 42.3 Å². The van der Waals surface area contributed by atoms with Gasteiger partial charge < -0.3 is 19.6 Å². The molecular weight excluding hydrogens is 463 g/mol. The van der Waals surface area contributed by atoms with Crippen LogP contribution in [-0.2, 0) is 0 Å². The maximum atomic E-state index is 13.6. The molecule has 0 unspecified atom stereocenters. The highest BCUT2D eigenvalue weighted by Gasteiger charge is 2.35. The summed E-state index contributed by atoms with van der Waals surface area (Å²) in [7, 11) is 1.65. The lowest BCUT2D eigenvalue weighted by Gasteiger charge is -2.37. The number of ether oxygens (including phenoxy) is 1. The summed E-state index contributed by atoms with van der Waals surface area (Å²) in [6.07, 6.45) is 4.48. The molecular formula is C27H29FN4O4. The second kappa shape index (κ2) is 10.8. The number of likely N-dealkylation sites (N-methyl/N-ethyl adjacent to an activating group) is 1. The molecule has 8 nitrogen and oxygen atoms in total. The normalized spacial score (nSPS) is 18.5. The Morgan fingerprint density at radius 1 is 1.22 bits per heavy atom. The van der Waals surface area contributed by atoms with Crippen LogP contribution in [-0.4, -0.2) is 75.6 Å². The van der Waals surface area contributed by atoms with Gasteiger partial charge in [-0.15, -0.1) is 0 Å². The van der Waals surface area contributed by atoms with Gasteiger partial charge in [0.15, 0.2) is 0 Å². The molecule has 1 N–H and O–H groups in total. The first kappa shape index (κ1) is 25.2. The van der Waals surface area contributed by atoms with Gasteiger partial charge in [0.1, 0.15) is 17.5 Å². The third-order valence-corrected chi connectivity index (χ3v) is 6.43. The zero-order valence-corrected chi connectivity index (χ0v) is 20.5. The van der Waals surface area contributed by atoms with Crippen LogP contribution < -0.4 is 4.74 Å². The number of halogens is 1. The molecule has 1 aromatic carbocycles. The molecule has 0 aliphatic carbocycles. The number of nitrogens with zero attached hydrogens (tertiary/aromatic N) is 4. The van der Waals surface area contributed by atoms with Crippen molar-refractivity contribution in [1.82, 2.24) is 19.8 Å². The van der Waals surface area contributed by atoms with Crippen LogP contribution in [0.1, 0.15) is 34.6 Å². The number of hydrogen-bond acceptors (Lipinski definition) is 6. The van der Waals surface area contributed by atoms with Gasteiger partial charge in [0.05, 0.1) is 19.2 Å². The molecule has 0 saturated heterocycles. The SMILES string of the molecule is C[C@H](CO)N1C[C@H](C)[C@@H](CN(C)C(=O)c2ccc(F)cc2)Oc2ncc(-c3ccncc3)cc2C1=O. The Bertz CT molecular complexity index is 1220. The first-order chi connectivity index (χ1) is 17.3. The Morgan fingerprint density at radius 3 is 2.58 bits per heavy atom. The molecule has 1 aliphatic rings. The lowest BCUT2D eigenvalue weighted by atomic mass is 9.99. The Labute approximate surface area is 209 Å². The van der Waals surface area contributed by atoms with Crippen molar-refractivity contribution < 1.29 is 23.8 Å². The number of fused-ring (bicyclic) bond motifs is 1. The maximum Gasteiger partial charge on any atom is 0.259 e. The number of carbonyl (C=O) groups is 2. The van der Waals surface area contributed by atoms with Crippen molar-refractivity contribution in [1.29, 1.82) is 0 Å². The average Bonchev–Trinajstić information content (AvgIpc) is 2.90. The predicted molar refractivity (Wildman–Crippen MR) is 132 cm³/mol. The topological polar surface area (TPSA) is 95.9 Å². The van der Waals surface area contributed by atoms with Gasteiger partial charge in [-0.1, -0.05) is 6.92 Å². The first-order valence-electron chi connectivity index (χ1n) is 11.8. The van der Waals surface area contributed by atoms with Gasteiger partial charge in [-0.3, -0.25) is 14.6 Å². The molecule has 3 heterocycles. The number of rotatable bonds is 6. The summed E-state index contributed by atoms with van der Waals surface area (Å²) in [6.45, 7) is 4.07. The van der Waals surface area contributed by atoms with E-state index >= 15 is 0 Å². The number of aliphatic hydroxyl groups is 1. The van der Waals surface area contributed by atoms with Crippen LogP contribution in [0.2, 0.25) is 0 Å². The minimum Gasteiger partial charge on any atom is -0.472 e. The number of pyridine rings is 2. The second-order valence-corrected chi connectivity index (χ2v) is 9.13. The van der Waals surface area contributed by atoms with E-state index in [0.29, 0.717) is 12.1 Å². The van der Waals surface area contributed by atoms with E-state index < -0.39 is 18.0 Å². The molecule has 2 amide bonds. The molecule has 36 heavy (non-hydrogen) atoms. The van der Waals surface area contributed by atoms with Crippen LogP contribution in [0.25, 0.3) is 11.1 Å². The summed E-state index contributed by atoms with van der Waals surface area (Å²) in [5, 5.41) is 9.84. The Morgan fingerprint density at radius 2 is 1.92 bits per heavy atom. The van der Waals surface area contributed by atoms with Crippen LogP contribution >= 0.6 is 0 Å². The molecule has 3 atom stereocenters. The number of aromatic nitrogens is 2. The fourth-order valence-corrected chi connectivity index (χ4v) is 4.19. The third kappa shape index (κ3) is 5.36. The Balaban J connectivity index is 1.66. The standard InChI is InChI=1S/C27H29FN4O4/c1-17-14-32(18(2)16-33)27(35)23-12-21(19-8-10-29-11-9-19)13-30-25(23)36-24(17)15-31(3)26(34)20-4-6-22(28)7-5-20/h4-13,17-18,24,33H,14-16H2,1-3H3/t17-,18+,24+/m0/s1. The van der Waals surface area contributed by atoms with Crippen molar-refractivity contribution in [2.45, 2.75) is 26.0 Å². The fraction of sp³-hybridized carbons (Fsp3) is 0.333. The molecule has 2 aromatic heterocycles. The molecule has 4 rings (SSSR count). The van der Waals surface area contributed by atoms with E-state index in [1.54, 1.807) is 43.5 Å². The number of amides is 2. The lowest BCUT2D eigenvalue weighted by molar-refractivity contribution is 0.0313. The van der Waals surface area contributed by atoms with Gasteiger partial charge in [-0.05, 0) is 55.0 Å². The number of benzene rings is 1. The van der Waals surface area contributed by atoms with E-state index in [9.17, 15) is 19.1 Å². The monoisotopic (exact) mass is 492 g/mol. The van der Waals surface area contributed by atoms with Crippen molar-refractivity contribution in [2.24, 2.45) is 5.92 Å². The lowest BCUT2D eigenvalue weighted by Crippen LogP contribution is -2.50. The summed E-state index contributed by atoms with van der Waals surface area (Å²) < 4.78 is 19.6. The van der Waals surface area contributed by atoms with Crippen LogP contribution in [0.4, 0.5) is 4.39 Å². The predicted octanol–water partition coefficient (Wildman–Crippen LogP) is 3.28. The summed E-state index contributed by atoms with van der Waals surface area (Å²) in [6, 6.07) is 10.3. The van der Waals surface area contributed by atoms with Crippen LogP contribution in [0.15, 0.2) is 61.1 Å². The first-order valence-corrected chi connectivity index (χ1v) is 11.8. The number of carbonyl (C=O) groups excluding carboxylic acids is 2. The maximum absolute atomic E-state index is 13.6. The van der Waals surface area contributed by atoms with E-state index in [2.05, 4.69) is 9.97 Å². The van der Waals surface area contributed by atoms with Gasteiger partial charge in [0.2, 0.25) is 5.88 Å². The Hall–Kier alpha value is -3.85. The van der Waals surface area contributed by atoms with Crippen LogP contribution in [0.3, 0.4) is 0 Å². The zero-order chi connectivity index (χ0) is 25.8. The third-order valence-electron chi connectivity index (χ3n) is 6.43. The minimum atomic E-state index is -0.487. The van der Waals surface area contributed by atoms with Crippen molar-refractivity contribution in [3.63, 3.8) is 0 Å². The van der Waals surface area contributed by atoms with Crippen molar-refractivity contribution in [3.8, 4) is 17.0 Å². The van der Waals surface area contributed by atoms with Gasteiger partial charge >= 0.3 is 0 Å². The van der Waals surface area contributed by atoms with Crippen molar-refractivity contribution in [2.75, 3.05) is 26.7 Å². The quantitative estimate of drug-likeness (QED) is 0.568. The van der Waals surface area contributed by atoms with E-state index in [0.717, 1.165) is 11.1 Å². The van der Waals surface area contributed by atoms with E-state index in [4.69, 9.17) is 4.74 Å². The molecule has 0 spiro atoms. The van der Waals surface area contributed by atoms with Crippen molar-refractivity contribution >= 4 is 11.8 Å². The highest BCUT2D eigenvalue weighted by atomic mass is 19.1. The zero-order valence-electron chi connectivity index (χ0n) is 20.5. The number of hydrogen-bond donors (Lipinski definition) is 1. The molecule has 0 radical (unpaired) electrons. The highest BCUT2D eigenvalue weighted by molar-refractivity contribution is 5.98. The second-order valence-electron chi connectivity index (χ2n) is 9.13. The highest BCUT2D eigenvalue weighted by Crippen LogP contribution is 2.30. The summed E-state index contributed by atoms with van der Waals surface area (Å²) >= 11 is 0. The molecule has 0 fully saturated rings. The molecule has 188 valence electrons. The van der Waals surface area contributed by atoms with Gasteiger partial charge in [0.25, 0.3) is 11.8 Å². The van der Waals surface area contributed by atoms with Crippen LogP contribution in [0, 0.1) is 11.7 Å². The Kier molecular flexibility index (Phi) is 7.59. The fourth-order valence-electron chi connectivity index (χ4n) is 4.19. The molecule has 1 aliphatic heterocycles. The van der Waals surface area contributed by atoms with Gasteiger partial charge in [-0.25, -0.2) is 9.37 Å². The van der Waals surface area contributed by atoms with E-state index in [1.165, 1.54) is 29.2 Å². The van der Waals surface area contributed by atoms with E-state index in [1.807, 2.05) is 19.1 Å². The van der Waals surface area contributed by atoms with Gasteiger partial charge in [0, 0.05) is 49.2 Å². The summed E-state index contributed by atoms with van der Waals surface area (Å²) in [5.41, 5.74) is 2.24. The van der Waals surface area contributed by atoms with Crippen LogP contribution in [0.5, 0.6) is 5.88 Å². The molecule has 0 bridgehead atoms. The van der Waals surface area contributed by atoms with Gasteiger partial charge in [-0.2, -0.15) is 0 Å². The van der Waals surface area contributed by atoms with Crippen molar-refractivity contribution in [3.05, 3.63) is 78.0 Å². The summed E-state index contributed by atoms with van der Waals surface area (Å²) in [4.78, 5) is 38.1. The minimum absolute atomic E-state index is 0.173. The smallest absolute Gasteiger partial charge is 0.259 e. The molecule has 9 heteroatoms. The number of aliphatic hydroxyl groups excluding tert-OH is 1. The molecule has 0 saturated carbocycles. The largest absolute Gasteiger partial charge is 0.472 e. The summed E-state index contributed by atoms with van der Waals surface area (Å²) in [5.74, 6) is -0.974. The average molecular weight is 493 g/mol.